The summed E-state index contributed by atoms with van der Waals surface area (Å²) in [5.41, 5.74) is 3.09. The molecule has 0 radical (unpaired) electrons. The second-order valence-corrected chi connectivity index (χ2v) is 10.7. The lowest BCUT2D eigenvalue weighted by Gasteiger charge is -2.34. The Labute approximate surface area is 235 Å². The SMILES string of the molecule is COc1cc(C(=O)O)cc2c1nc(CN1CCC(c3cccc4c3OC[C@@H](c3ccc(Cl)cc3F)O4)CC1)n2C. The molecule has 0 aliphatic carbocycles. The van der Waals surface area contributed by atoms with Gasteiger partial charge in [-0.3, -0.25) is 4.90 Å². The van der Waals surface area contributed by atoms with E-state index in [1.807, 2.05) is 23.7 Å². The van der Waals surface area contributed by atoms with Gasteiger partial charge in [-0.1, -0.05) is 29.8 Å². The lowest BCUT2D eigenvalue weighted by Crippen LogP contribution is -2.33. The number of benzene rings is 3. The molecule has 0 spiro atoms. The number of hydrogen-bond acceptors (Lipinski definition) is 6. The quantitative estimate of drug-likeness (QED) is 0.308. The van der Waals surface area contributed by atoms with Crippen molar-refractivity contribution in [1.29, 1.82) is 0 Å². The summed E-state index contributed by atoms with van der Waals surface area (Å²) in [4.78, 5) is 18.7. The number of piperidine rings is 1. The molecule has 0 saturated carbocycles. The Morgan fingerprint density at radius 1 is 1.18 bits per heavy atom. The second kappa shape index (κ2) is 10.6. The maximum absolute atomic E-state index is 14.5. The minimum Gasteiger partial charge on any atom is -0.494 e. The summed E-state index contributed by atoms with van der Waals surface area (Å²) >= 11 is 5.91. The van der Waals surface area contributed by atoms with Gasteiger partial charge in [-0.2, -0.15) is 0 Å². The molecule has 3 heterocycles. The van der Waals surface area contributed by atoms with Gasteiger partial charge in [-0.25, -0.2) is 14.2 Å². The summed E-state index contributed by atoms with van der Waals surface area (Å²) in [5, 5.41) is 9.81. The van der Waals surface area contributed by atoms with Gasteiger partial charge in [0, 0.05) is 23.2 Å². The third-order valence-corrected chi connectivity index (χ3v) is 8.11. The van der Waals surface area contributed by atoms with Crippen LogP contribution in [0.25, 0.3) is 11.0 Å². The molecule has 1 saturated heterocycles. The normalized spacial score (nSPS) is 17.8. The first kappa shape index (κ1) is 26.4. The number of rotatable bonds is 6. The number of aromatic carboxylic acids is 1. The van der Waals surface area contributed by atoms with Crippen LogP contribution in [-0.2, 0) is 13.6 Å². The predicted octanol–water partition coefficient (Wildman–Crippen LogP) is 5.96. The van der Waals surface area contributed by atoms with Gasteiger partial charge in [0.1, 0.15) is 29.5 Å². The van der Waals surface area contributed by atoms with E-state index in [1.54, 1.807) is 18.2 Å². The Morgan fingerprint density at radius 2 is 1.98 bits per heavy atom. The Kier molecular flexibility index (Phi) is 7.02. The van der Waals surface area contributed by atoms with Crippen LogP contribution >= 0.6 is 11.6 Å². The molecule has 1 N–H and O–H groups in total. The van der Waals surface area contributed by atoms with Gasteiger partial charge in [-0.15, -0.1) is 0 Å². The van der Waals surface area contributed by atoms with Gasteiger partial charge in [-0.05, 0) is 62.2 Å². The van der Waals surface area contributed by atoms with Gasteiger partial charge in [0.25, 0.3) is 0 Å². The molecule has 208 valence electrons. The van der Waals surface area contributed by atoms with Crippen molar-refractivity contribution < 1.29 is 28.5 Å². The van der Waals surface area contributed by atoms with Crippen molar-refractivity contribution in [2.45, 2.75) is 31.4 Å². The number of methoxy groups -OCH3 is 1. The van der Waals surface area contributed by atoms with Crippen LogP contribution in [0.2, 0.25) is 5.02 Å². The van der Waals surface area contributed by atoms with Crippen molar-refractivity contribution in [3.05, 3.63) is 81.9 Å². The first-order valence-electron chi connectivity index (χ1n) is 13.2. The van der Waals surface area contributed by atoms with E-state index in [1.165, 1.54) is 19.2 Å². The van der Waals surface area contributed by atoms with E-state index in [9.17, 15) is 14.3 Å². The molecular formula is C30H29ClFN3O5. The summed E-state index contributed by atoms with van der Waals surface area (Å²) in [6.07, 6.45) is 1.33. The van der Waals surface area contributed by atoms with Gasteiger partial charge < -0.3 is 23.9 Å². The largest absolute Gasteiger partial charge is 0.494 e. The zero-order chi connectivity index (χ0) is 28.0. The number of fused-ring (bicyclic) bond motifs is 2. The lowest BCUT2D eigenvalue weighted by atomic mass is 9.88. The average Bonchev–Trinajstić information content (AvgIpc) is 3.27. The molecule has 4 aromatic rings. The Hall–Kier alpha value is -3.82. The topological polar surface area (TPSA) is 86.1 Å². The van der Waals surface area contributed by atoms with Crippen molar-refractivity contribution in [3.63, 3.8) is 0 Å². The molecule has 3 aromatic carbocycles. The smallest absolute Gasteiger partial charge is 0.335 e. The summed E-state index contributed by atoms with van der Waals surface area (Å²) in [6, 6.07) is 13.6. The first-order chi connectivity index (χ1) is 19.3. The number of hydrogen-bond donors (Lipinski definition) is 1. The highest BCUT2D eigenvalue weighted by atomic mass is 35.5. The van der Waals surface area contributed by atoms with Crippen LogP contribution < -0.4 is 14.2 Å². The van der Waals surface area contributed by atoms with Crippen LogP contribution in [0, 0.1) is 5.82 Å². The van der Waals surface area contributed by atoms with Crippen molar-refractivity contribution in [3.8, 4) is 17.2 Å². The monoisotopic (exact) mass is 565 g/mol. The third kappa shape index (κ3) is 4.84. The van der Waals surface area contributed by atoms with E-state index < -0.39 is 17.9 Å². The number of ether oxygens (including phenoxy) is 3. The minimum atomic E-state index is -1.00. The number of aromatic nitrogens is 2. The minimum absolute atomic E-state index is 0.168. The van der Waals surface area contributed by atoms with Crippen LogP contribution in [0.15, 0.2) is 48.5 Å². The number of carbonyl (C=O) groups is 1. The summed E-state index contributed by atoms with van der Waals surface area (Å²) < 4.78 is 34.2. The van der Waals surface area contributed by atoms with Crippen LogP contribution in [0.4, 0.5) is 4.39 Å². The fourth-order valence-electron chi connectivity index (χ4n) is 5.69. The van der Waals surface area contributed by atoms with Crippen molar-refractivity contribution in [1.82, 2.24) is 14.5 Å². The van der Waals surface area contributed by atoms with E-state index in [-0.39, 0.29) is 12.2 Å². The van der Waals surface area contributed by atoms with Crippen molar-refractivity contribution in [2.75, 3.05) is 26.8 Å². The molecule has 2 aliphatic rings. The zero-order valence-corrected chi connectivity index (χ0v) is 22.9. The molecule has 0 unspecified atom stereocenters. The average molecular weight is 566 g/mol. The lowest BCUT2D eigenvalue weighted by molar-refractivity contribution is 0.0696. The van der Waals surface area contributed by atoms with Gasteiger partial charge in [0.05, 0.1) is 24.7 Å². The van der Waals surface area contributed by atoms with E-state index in [0.717, 1.165) is 48.6 Å². The summed E-state index contributed by atoms with van der Waals surface area (Å²) in [5.74, 6) is 1.56. The second-order valence-electron chi connectivity index (χ2n) is 10.2. The highest BCUT2D eigenvalue weighted by Gasteiger charge is 2.31. The number of aryl methyl sites for hydroxylation is 1. The van der Waals surface area contributed by atoms with Crippen molar-refractivity contribution in [2.24, 2.45) is 7.05 Å². The fourth-order valence-corrected chi connectivity index (χ4v) is 5.85. The molecule has 6 rings (SSSR count). The number of carboxylic acid groups (broad SMARTS) is 1. The molecule has 1 fully saturated rings. The number of nitrogens with zero attached hydrogens (tertiary/aromatic N) is 3. The third-order valence-electron chi connectivity index (χ3n) is 7.87. The van der Waals surface area contributed by atoms with Crippen LogP contribution in [-0.4, -0.2) is 52.3 Å². The summed E-state index contributed by atoms with van der Waals surface area (Å²) in [6.45, 7) is 2.61. The number of carboxylic acids is 1. The van der Waals surface area contributed by atoms with Crippen LogP contribution in [0.5, 0.6) is 17.2 Å². The maximum atomic E-state index is 14.5. The molecule has 40 heavy (non-hydrogen) atoms. The molecule has 2 aliphatic heterocycles. The molecule has 1 atom stereocenters. The number of para-hydroxylation sites is 1. The number of halogens is 2. The Morgan fingerprint density at radius 3 is 2.70 bits per heavy atom. The number of imidazole rings is 1. The number of likely N-dealkylation sites (tertiary alicyclic amines) is 1. The molecule has 8 nitrogen and oxygen atoms in total. The van der Waals surface area contributed by atoms with Crippen LogP contribution in [0.3, 0.4) is 0 Å². The highest BCUT2D eigenvalue weighted by Crippen LogP contribution is 2.44. The Balaban J connectivity index is 1.15. The zero-order valence-electron chi connectivity index (χ0n) is 22.2. The fraction of sp³-hybridized carbons (Fsp3) is 0.333. The van der Waals surface area contributed by atoms with E-state index >= 15 is 0 Å². The molecule has 0 bridgehead atoms. The van der Waals surface area contributed by atoms with Gasteiger partial charge in [0.2, 0.25) is 0 Å². The Bertz CT molecular complexity index is 1600. The van der Waals surface area contributed by atoms with Crippen molar-refractivity contribution >= 4 is 28.6 Å². The van der Waals surface area contributed by atoms with Gasteiger partial charge in [0.15, 0.2) is 17.6 Å². The van der Waals surface area contributed by atoms with E-state index in [2.05, 4.69) is 11.0 Å². The molecule has 10 heteroatoms. The standard InChI is InChI=1S/C30H29ClFN3O5/c1-34-23-12-18(30(36)37)13-25(38-2)28(23)33-27(34)15-35-10-8-17(9-11-35)20-4-3-5-24-29(20)39-16-26(40-24)21-7-6-19(31)14-22(21)32/h3-7,12-14,17,26H,8-11,15-16H2,1-2H3,(H,36,37)/t26-/m0/s1. The summed E-state index contributed by atoms with van der Waals surface area (Å²) in [7, 11) is 3.42. The molecule has 1 aromatic heterocycles. The predicted molar refractivity (Wildman–Crippen MR) is 148 cm³/mol. The highest BCUT2D eigenvalue weighted by molar-refractivity contribution is 6.30. The molecule has 0 amide bonds. The maximum Gasteiger partial charge on any atom is 0.335 e. The van der Waals surface area contributed by atoms with Gasteiger partial charge >= 0.3 is 5.97 Å². The molecular weight excluding hydrogens is 537 g/mol. The van der Waals surface area contributed by atoms with Crippen LogP contribution in [0.1, 0.15) is 52.2 Å². The van der Waals surface area contributed by atoms with E-state index in [0.29, 0.717) is 40.1 Å². The van der Waals surface area contributed by atoms with E-state index in [4.69, 9.17) is 30.8 Å². The first-order valence-corrected chi connectivity index (χ1v) is 13.6.